The van der Waals surface area contributed by atoms with Crippen LogP contribution in [0, 0.1) is 0 Å². The predicted molar refractivity (Wildman–Crippen MR) is 105 cm³/mol. The average molecular weight is 363 g/mol. The molecule has 0 saturated carbocycles. The third-order valence-electron chi connectivity index (χ3n) is 5.10. The van der Waals surface area contributed by atoms with Gasteiger partial charge < -0.3 is 13.7 Å². The summed E-state index contributed by atoms with van der Waals surface area (Å²) in [4.78, 5) is 16.4. The van der Waals surface area contributed by atoms with E-state index in [0.717, 1.165) is 36.2 Å². The van der Waals surface area contributed by atoms with Crippen LogP contribution in [0.25, 0.3) is 11.0 Å². The van der Waals surface area contributed by atoms with Gasteiger partial charge in [-0.25, -0.2) is 4.98 Å². The molecule has 0 bridgehead atoms. The fourth-order valence-corrected chi connectivity index (χ4v) is 3.50. The normalized spacial score (nSPS) is 12.6. The fraction of sp³-hybridized carbons (Fsp3) is 0.579. The smallest absolute Gasteiger partial charge is 0.269 e. The van der Waals surface area contributed by atoms with Crippen molar-refractivity contribution in [2.45, 2.75) is 58.3 Å². The van der Waals surface area contributed by atoms with E-state index in [9.17, 15) is 4.79 Å². The molecule has 5 nitrogen and oxygen atoms in total. The minimum atomic E-state index is -1.70. The minimum Gasteiger partial charge on any atom is -0.497 e. The van der Waals surface area contributed by atoms with Crippen LogP contribution >= 0.6 is 0 Å². The molecule has 0 radical (unpaired) electrons. The summed E-state index contributed by atoms with van der Waals surface area (Å²) in [7, 11) is -0.0730. The third kappa shape index (κ3) is 4.70. The Balaban J connectivity index is 2.02. The third-order valence-corrected chi connectivity index (χ3v) is 9.64. The molecule has 1 aromatic carbocycles. The summed E-state index contributed by atoms with van der Waals surface area (Å²) in [6.07, 6.45) is 3.22. The van der Waals surface area contributed by atoms with Crippen LogP contribution in [0.2, 0.25) is 18.1 Å². The lowest BCUT2D eigenvalue weighted by Crippen LogP contribution is -2.41. The molecule has 138 valence electrons. The van der Waals surface area contributed by atoms with Crippen LogP contribution in [0.4, 0.5) is 0 Å². The summed E-state index contributed by atoms with van der Waals surface area (Å²) < 4.78 is 13.3. The lowest BCUT2D eigenvalue weighted by Gasteiger charge is -2.36. The molecular formula is C19H30N2O3Si. The van der Waals surface area contributed by atoms with Gasteiger partial charge in [-0.1, -0.05) is 20.8 Å². The number of unbranched alkanes of at least 4 members (excludes halogenated alkanes) is 1. The number of aromatic nitrogens is 2. The van der Waals surface area contributed by atoms with Crippen molar-refractivity contribution in [1.29, 1.82) is 0 Å². The van der Waals surface area contributed by atoms with Crippen molar-refractivity contribution in [1.82, 2.24) is 9.55 Å². The lowest BCUT2D eigenvalue weighted by atomic mass is 10.2. The SMILES string of the molecule is COc1ccc2ncc(=O)n(CCCCO[Si](C)(C)C(C)(C)C)c2c1. The fourth-order valence-electron chi connectivity index (χ4n) is 2.42. The molecular weight excluding hydrogens is 332 g/mol. The number of hydrogen-bond donors (Lipinski definition) is 0. The van der Waals surface area contributed by atoms with Crippen LogP contribution in [0.1, 0.15) is 33.6 Å². The molecule has 0 saturated heterocycles. The zero-order valence-electron chi connectivity index (χ0n) is 16.3. The Kier molecular flexibility index (Phi) is 6.06. The van der Waals surface area contributed by atoms with Crippen molar-refractivity contribution in [3.05, 3.63) is 34.7 Å². The van der Waals surface area contributed by atoms with E-state index < -0.39 is 8.32 Å². The Hall–Kier alpha value is -1.66. The van der Waals surface area contributed by atoms with Crippen molar-refractivity contribution >= 4 is 19.4 Å². The summed E-state index contributed by atoms with van der Waals surface area (Å²) in [5, 5.41) is 0.224. The number of fused-ring (bicyclic) bond motifs is 1. The molecule has 1 heterocycles. The van der Waals surface area contributed by atoms with Crippen molar-refractivity contribution in [2.75, 3.05) is 13.7 Å². The van der Waals surface area contributed by atoms with Gasteiger partial charge in [0, 0.05) is 19.2 Å². The summed E-state index contributed by atoms with van der Waals surface area (Å²) in [5.74, 6) is 0.731. The van der Waals surface area contributed by atoms with Gasteiger partial charge in [0.2, 0.25) is 0 Å². The van der Waals surface area contributed by atoms with E-state index in [1.807, 2.05) is 18.2 Å². The second-order valence-corrected chi connectivity index (χ2v) is 12.7. The molecule has 2 rings (SSSR count). The zero-order valence-corrected chi connectivity index (χ0v) is 17.3. The first kappa shape index (κ1) is 19.7. The Morgan fingerprint density at radius 2 is 1.92 bits per heavy atom. The van der Waals surface area contributed by atoms with Crippen molar-refractivity contribution in [3.63, 3.8) is 0 Å². The van der Waals surface area contributed by atoms with E-state index in [4.69, 9.17) is 9.16 Å². The topological polar surface area (TPSA) is 53.3 Å². The lowest BCUT2D eigenvalue weighted by molar-refractivity contribution is 0.276. The molecule has 0 aliphatic heterocycles. The van der Waals surface area contributed by atoms with E-state index in [-0.39, 0.29) is 10.6 Å². The molecule has 6 heteroatoms. The Labute approximate surface area is 151 Å². The summed E-state index contributed by atoms with van der Waals surface area (Å²) in [6.45, 7) is 12.7. The molecule has 0 unspecified atom stereocenters. The molecule has 0 amide bonds. The zero-order chi connectivity index (χ0) is 18.7. The van der Waals surface area contributed by atoms with Gasteiger partial charge >= 0.3 is 0 Å². The van der Waals surface area contributed by atoms with Gasteiger partial charge in [-0.05, 0) is 43.1 Å². The van der Waals surface area contributed by atoms with Gasteiger partial charge in [0.05, 0.1) is 24.3 Å². The highest BCUT2D eigenvalue weighted by molar-refractivity contribution is 6.74. The molecule has 0 atom stereocenters. The largest absolute Gasteiger partial charge is 0.497 e. The van der Waals surface area contributed by atoms with Gasteiger partial charge in [0.25, 0.3) is 5.56 Å². The van der Waals surface area contributed by atoms with Crippen molar-refractivity contribution in [3.8, 4) is 5.75 Å². The quantitative estimate of drug-likeness (QED) is 0.547. The highest BCUT2D eigenvalue weighted by atomic mass is 28.4. The van der Waals surface area contributed by atoms with Gasteiger partial charge in [0.1, 0.15) is 5.75 Å². The van der Waals surface area contributed by atoms with Crippen molar-refractivity contribution in [2.24, 2.45) is 0 Å². The highest BCUT2D eigenvalue weighted by Gasteiger charge is 2.36. The van der Waals surface area contributed by atoms with Gasteiger partial charge in [-0.2, -0.15) is 0 Å². The van der Waals surface area contributed by atoms with Crippen LogP contribution in [0.3, 0.4) is 0 Å². The molecule has 0 N–H and O–H groups in total. The summed E-state index contributed by atoms with van der Waals surface area (Å²) in [5.41, 5.74) is 1.54. The number of methoxy groups -OCH3 is 1. The Morgan fingerprint density at radius 3 is 2.56 bits per heavy atom. The maximum atomic E-state index is 12.2. The van der Waals surface area contributed by atoms with E-state index >= 15 is 0 Å². The average Bonchev–Trinajstić information content (AvgIpc) is 2.54. The number of aryl methyl sites for hydroxylation is 1. The van der Waals surface area contributed by atoms with E-state index in [1.165, 1.54) is 6.20 Å². The molecule has 25 heavy (non-hydrogen) atoms. The summed E-state index contributed by atoms with van der Waals surface area (Å²) in [6, 6.07) is 5.61. The van der Waals surface area contributed by atoms with Crippen LogP contribution in [0.15, 0.2) is 29.2 Å². The van der Waals surface area contributed by atoms with Gasteiger partial charge in [0.15, 0.2) is 8.32 Å². The minimum absolute atomic E-state index is 0.0777. The standard InChI is InChI=1S/C19H30N2O3Si/c1-19(2,3)25(5,6)24-12-8-7-11-21-17-13-15(23-4)9-10-16(17)20-14-18(21)22/h9-10,13-14H,7-8,11-12H2,1-6H3. The van der Waals surface area contributed by atoms with E-state index in [0.29, 0.717) is 6.54 Å². The Morgan fingerprint density at radius 1 is 1.20 bits per heavy atom. The number of nitrogens with zero attached hydrogens (tertiary/aromatic N) is 2. The number of rotatable bonds is 7. The van der Waals surface area contributed by atoms with E-state index in [2.05, 4.69) is 38.8 Å². The molecule has 0 fully saturated rings. The first-order chi connectivity index (χ1) is 11.7. The van der Waals surface area contributed by atoms with Crippen LogP contribution in [-0.4, -0.2) is 31.6 Å². The van der Waals surface area contributed by atoms with Gasteiger partial charge in [-0.15, -0.1) is 0 Å². The van der Waals surface area contributed by atoms with Crippen LogP contribution in [0.5, 0.6) is 5.75 Å². The molecule has 0 aliphatic rings. The molecule has 2 aromatic rings. The van der Waals surface area contributed by atoms with Crippen LogP contribution in [-0.2, 0) is 11.0 Å². The number of hydrogen-bond acceptors (Lipinski definition) is 4. The molecule has 0 aliphatic carbocycles. The first-order valence-corrected chi connectivity index (χ1v) is 11.7. The van der Waals surface area contributed by atoms with Crippen LogP contribution < -0.4 is 10.3 Å². The maximum Gasteiger partial charge on any atom is 0.269 e. The monoisotopic (exact) mass is 362 g/mol. The first-order valence-electron chi connectivity index (χ1n) is 8.83. The summed E-state index contributed by atoms with van der Waals surface area (Å²) >= 11 is 0. The Bertz CT molecular complexity index is 778. The second-order valence-electron chi connectivity index (χ2n) is 7.92. The van der Waals surface area contributed by atoms with Crippen molar-refractivity contribution < 1.29 is 9.16 Å². The molecule has 0 spiro atoms. The van der Waals surface area contributed by atoms with E-state index in [1.54, 1.807) is 11.7 Å². The number of benzene rings is 1. The highest BCUT2D eigenvalue weighted by Crippen LogP contribution is 2.36. The molecule has 1 aromatic heterocycles. The predicted octanol–water partition coefficient (Wildman–Crippen LogP) is 4.21. The maximum absolute atomic E-state index is 12.2. The van der Waals surface area contributed by atoms with Gasteiger partial charge in [-0.3, -0.25) is 4.79 Å². The number of ether oxygens (including phenoxy) is 1. The second kappa shape index (κ2) is 7.70.